The summed E-state index contributed by atoms with van der Waals surface area (Å²) in [5.74, 6) is 0. The maximum absolute atomic E-state index is 10.3. The van der Waals surface area contributed by atoms with Crippen LogP contribution in [0.3, 0.4) is 0 Å². The number of hydrogen-bond acceptors (Lipinski definition) is 2. The van der Waals surface area contributed by atoms with E-state index in [1.807, 2.05) is 44.2 Å². The van der Waals surface area contributed by atoms with Crippen molar-refractivity contribution in [1.29, 1.82) is 0 Å². The van der Waals surface area contributed by atoms with Gasteiger partial charge in [0, 0.05) is 6.61 Å². The highest BCUT2D eigenvalue weighted by molar-refractivity contribution is 5.22. The molecule has 0 fully saturated rings. The van der Waals surface area contributed by atoms with E-state index < -0.39 is 5.60 Å². The SMILES string of the molecule is CCOCC(O)(CC)c1ccccc1. The van der Waals surface area contributed by atoms with Gasteiger partial charge in [-0.3, -0.25) is 0 Å². The van der Waals surface area contributed by atoms with Crippen LogP contribution in [-0.4, -0.2) is 18.3 Å². The lowest BCUT2D eigenvalue weighted by atomic mass is 9.92. The highest BCUT2D eigenvalue weighted by Crippen LogP contribution is 2.24. The molecule has 0 saturated carbocycles. The van der Waals surface area contributed by atoms with Crippen molar-refractivity contribution in [3.8, 4) is 0 Å². The van der Waals surface area contributed by atoms with E-state index in [2.05, 4.69) is 0 Å². The first-order valence-electron chi connectivity index (χ1n) is 5.08. The molecule has 0 aliphatic heterocycles. The van der Waals surface area contributed by atoms with E-state index in [-0.39, 0.29) is 0 Å². The van der Waals surface area contributed by atoms with Crippen LogP contribution in [-0.2, 0) is 10.3 Å². The van der Waals surface area contributed by atoms with Crippen LogP contribution in [0.2, 0.25) is 0 Å². The third-order valence-electron chi connectivity index (χ3n) is 2.44. The molecule has 14 heavy (non-hydrogen) atoms. The molecule has 78 valence electrons. The first-order chi connectivity index (χ1) is 6.73. The molecule has 0 radical (unpaired) electrons. The fourth-order valence-electron chi connectivity index (χ4n) is 1.41. The number of aliphatic hydroxyl groups is 1. The fourth-order valence-corrected chi connectivity index (χ4v) is 1.41. The van der Waals surface area contributed by atoms with E-state index in [0.717, 1.165) is 5.56 Å². The summed E-state index contributed by atoms with van der Waals surface area (Å²) in [4.78, 5) is 0. The second kappa shape index (κ2) is 5.13. The molecule has 1 N–H and O–H groups in total. The average Bonchev–Trinajstić information content (AvgIpc) is 2.27. The van der Waals surface area contributed by atoms with Gasteiger partial charge >= 0.3 is 0 Å². The first kappa shape index (κ1) is 11.2. The van der Waals surface area contributed by atoms with E-state index in [1.54, 1.807) is 0 Å². The number of benzene rings is 1. The Kier molecular flexibility index (Phi) is 4.11. The van der Waals surface area contributed by atoms with Gasteiger partial charge in [0.2, 0.25) is 0 Å². The zero-order valence-electron chi connectivity index (χ0n) is 8.86. The fraction of sp³-hybridized carbons (Fsp3) is 0.500. The van der Waals surface area contributed by atoms with Gasteiger partial charge in [0.25, 0.3) is 0 Å². The molecule has 1 atom stereocenters. The number of rotatable bonds is 5. The van der Waals surface area contributed by atoms with Crippen molar-refractivity contribution < 1.29 is 9.84 Å². The lowest BCUT2D eigenvalue weighted by Crippen LogP contribution is -2.30. The molecule has 2 heteroatoms. The van der Waals surface area contributed by atoms with Crippen molar-refractivity contribution in [2.24, 2.45) is 0 Å². The van der Waals surface area contributed by atoms with E-state index >= 15 is 0 Å². The largest absolute Gasteiger partial charge is 0.383 e. The normalized spacial score (nSPS) is 15.1. The summed E-state index contributed by atoms with van der Waals surface area (Å²) in [5.41, 5.74) is 0.0908. The molecular weight excluding hydrogens is 176 g/mol. The van der Waals surface area contributed by atoms with Gasteiger partial charge in [0.15, 0.2) is 0 Å². The van der Waals surface area contributed by atoms with Gasteiger partial charge in [0.1, 0.15) is 5.60 Å². The molecule has 0 saturated heterocycles. The summed E-state index contributed by atoms with van der Waals surface area (Å²) >= 11 is 0. The minimum absolute atomic E-state index is 0.365. The molecule has 0 heterocycles. The van der Waals surface area contributed by atoms with Crippen molar-refractivity contribution in [2.45, 2.75) is 25.9 Å². The van der Waals surface area contributed by atoms with E-state index in [0.29, 0.717) is 19.6 Å². The van der Waals surface area contributed by atoms with Crippen LogP contribution in [0.5, 0.6) is 0 Å². The number of hydrogen-bond donors (Lipinski definition) is 1. The van der Waals surface area contributed by atoms with Gasteiger partial charge in [-0.15, -0.1) is 0 Å². The Labute approximate surface area is 85.5 Å². The Morgan fingerprint density at radius 1 is 1.21 bits per heavy atom. The Morgan fingerprint density at radius 2 is 1.86 bits per heavy atom. The van der Waals surface area contributed by atoms with Crippen molar-refractivity contribution in [3.05, 3.63) is 35.9 Å². The molecular formula is C12H18O2. The maximum atomic E-state index is 10.3. The third-order valence-corrected chi connectivity index (χ3v) is 2.44. The lowest BCUT2D eigenvalue weighted by molar-refractivity contribution is -0.0506. The predicted octanol–water partition coefficient (Wildman–Crippen LogP) is 2.32. The smallest absolute Gasteiger partial charge is 0.113 e. The first-order valence-corrected chi connectivity index (χ1v) is 5.08. The third kappa shape index (κ3) is 2.56. The summed E-state index contributed by atoms with van der Waals surface area (Å²) in [5, 5.41) is 10.3. The van der Waals surface area contributed by atoms with Crippen LogP contribution in [0.25, 0.3) is 0 Å². The lowest BCUT2D eigenvalue weighted by Gasteiger charge is -2.26. The summed E-state index contributed by atoms with van der Waals surface area (Å²) in [6, 6.07) is 9.68. The molecule has 1 unspecified atom stereocenters. The molecule has 0 amide bonds. The average molecular weight is 194 g/mol. The zero-order valence-corrected chi connectivity index (χ0v) is 8.86. The summed E-state index contributed by atoms with van der Waals surface area (Å²) in [6.07, 6.45) is 0.664. The molecule has 1 rings (SSSR count). The molecule has 0 aliphatic carbocycles. The van der Waals surface area contributed by atoms with Gasteiger partial charge in [0.05, 0.1) is 6.61 Å². The van der Waals surface area contributed by atoms with Gasteiger partial charge in [-0.1, -0.05) is 37.3 Å². The second-order valence-corrected chi connectivity index (χ2v) is 3.39. The Morgan fingerprint density at radius 3 is 2.36 bits per heavy atom. The standard InChI is InChI=1S/C12H18O2/c1-3-12(13,10-14-4-2)11-8-6-5-7-9-11/h5-9,13H,3-4,10H2,1-2H3. The maximum Gasteiger partial charge on any atom is 0.113 e. The summed E-state index contributed by atoms with van der Waals surface area (Å²) in [6.45, 7) is 4.90. The molecule has 1 aromatic rings. The van der Waals surface area contributed by atoms with Crippen molar-refractivity contribution >= 4 is 0 Å². The minimum atomic E-state index is -0.836. The van der Waals surface area contributed by atoms with Crippen LogP contribution in [0.4, 0.5) is 0 Å². The van der Waals surface area contributed by atoms with E-state index in [4.69, 9.17) is 4.74 Å². The van der Waals surface area contributed by atoms with E-state index in [9.17, 15) is 5.11 Å². The predicted molar refractivity (Wildman–Crippen MR) is 57.1 cm³/mol. The molecule has 2 nitrogen and oxygen atoms in total. The Hall–Kier alpha value is -0.860. The van der Waals surface area contributed by atoms with Crippen molar-refractivity contribution in [3.63, 3.8) is 0 Å². The Balaban J connectivity index is 2.79. The topological polar surface area (TPSA) is 29.5 Å². The van der Waals surface area contributed by atoms with Gasteiger partial charge in [-0.2, -0.15) is 0 Å². The molecule has 0 spiro atoms. The highest BCUT2D eigenvalue weighted by Gasteiger charge is 2.26. The molecule has 1 aromatic carbocycles. The van der Waals surface area contributed by atoms with Crippen LogP contribution < -0.4 is 0 Å². The van der Waals surface area contributed by atoms with Gasteiger partial charge < -0.3 is 9.84 Å². The Bertz CT molecular complexity index is 258. The van der Waals surface area contributed by atoms with Crippen LogP contribution in [0, 0.1) is 0 Å². The molecule has 0 aromatic heterocycles. The second-order valence-electron chi connectivity index (χ2n) is 3.39. The van der Waals surface area contributed by atoms with Crippen LogP contribution in [0.15, 0.2) is 30.3 Å². The van der Waals surface area contributed by atoms with E-state index in [1.165, 1.54) is 0 Å². The molecule has 0 aliphatic rings. The van der Waals surface area contributed by atoms with Gasteiger partial charge in [-0.25, -0.2) is 0 Å². The van der Waals surface area contributed by atoms with Crippen molar-refractivity contribution in [2.75, 3.05) is 13.2 Å². The van der Waals surface area contributed by atoms with Crippen LogP contribution in [0.1, 0.15) is 25.8 Å². The zero-order chi connectivity index (χ0) is 10.4. The monoisotopic (exact) mass is 194 g/mol. The highest BCUT2D eigenvalue weighted by atomic mass is 16.5. The number of ether oxygens (including phenoxy) is 1. The van der Waals surface area contributed by atoms with Crippen molar-refractivity contribution in [1.82, 2.24) is 0 Å². The summed E-state index contributed by atoms with van der Waals surface area (Å²) in [7, 11) is 0. The quantitative estimate of drug-likeness (QED) is 0.779. The molecule has 0 bridgehead atoms. The van der Waals surface area contributed by atoms with Crippen LogP contribution >= 0.6 is 0 Å². The van der Waals surface area contributed by atoms with Gasteiger partial charge in [-0.05, 0) is 18.9 Å². The minimum Gasteiger partial charge on any atom is -0.383 e. The summed E-state index contributed by atoms with van der Waals surface area (Å²) < 4.78 is 5.29.